The molecule has 3 heterocycles. The fourth-order valence-corrected chi connectivity index (χ4v) is 9.15. The Labute approximate surface area is 424 Å². The van der Waals surface area contributed by atoms with E-state index in [2.05, 4.69) is 21.3 Å². The highest BCUT2D eigenvalue weighted by molar-refractivity contribution is 6.38. The molecule has 2 saturated heterocycles. The van der Waals surface area contributed by atoms with Gasteiger partial charge in [0, 0.05) is 56.4 Å². The van der Waals surface area contributed by atoms with Gasteiger partial charge in [-0.15, -0.1) is 0 Å². The van der Waals surface area contributed by atoms with Gasteiger partial charge < -0.3 is 35.1 Å². The van der Waals surface area contributed by atoms with Gasteiger partial charge in [-0.3, -0.25) is 58.2 Å². The molecule has 390 valence electrons. The van der Waals surface area contributed by atoms with E-state index in [0.717, 1.165) is 22.4 Å². The van der Waals surface area contributed by atoms with Crippen molar-refractivity contribution in [1.29, 1.82) is 0 Å². The molecule has 0 bridgehead atoms. The molecule has 3 aromatic carbocycles. The van der Waals surface area contributed by atoms with Gasteiger partial charge in [-0.1, -0.05) is 45.0 Å². The van der Waals surface area contributed by atoms with Gasteiger partial charge in [0.1, 0.15) is 11.8 Å². The SMILES string of the molecule is CCC(C)(C)C(=O)C(=O)N1CCCCC1C(=O)C[C@H](CCc1ccc(OC)c(OC)c1)c1cccc(NC(=O)CCC(=O)NCCCCNC(=O)COc2cccc3c2C(=O)N(C2CCC(=O)NC2=O)C3=O)c1. The molecule has 0 aromatic heterocycles. The smallest absolute Gasteiger partial charge is 0.291 e. The monoisotopic (exact) mass is 1010 g/mol. The van der Waals surface area contributed by atoms with Gasteiger partial charge in [0.15, 0.2) is 23.9 Å². The lowest BCUT2D eigenvalue weighted by atomic mass is 9.82. The second-order valence-corrected chi connectivity index (χ2v) is 19.2. The van der Waals surface area contributed by atoms with E-state index in [1.54, 1.807) is 40.2 Å². The van der Waals surface area contributed by atoms with Crippen LogP contribution in [-0.2, 0) is 44.8 Å². The van der Waals surface area contributed by atoms with Crippen LogP contribution in [0, 0.1) is 5.41 Å². The number of ether oxygens (including phenoxy) is 3. The fourth-order valence-electron chi connectivity index (χ4n) is 9.15. The number of Topliss-reactive ketones (excluding diaryl/α,β-unsaturated/α-hetero) is 2. The molecule has 0 saturated carbocycles. The Morgan fingerprint density at radius 1 is 0.795 bits per heavy atom. The zero-order chi connectivity index (χ0) is 52.8. The number of nitrogens with one attached hydrogen (secondary N) is 4. The number of unbranched alkanes of at least 4 members (excludes halogenated alkanes) is 1. The van der Waals surface area contributed by atoms with Gasteiger partial charge in [0.25, 0.3) is 23.6 Å². The highest BCUT2D eigenvalue weighted by Crippen LogP contribution is 2.35. The van der Waals surface area contributed by atoms with E-state index in [4.69, 9.17) is 14.2 Å². The van der Waals surface area contributed by atoms with Crippen LogP contribution in [0.4, 0.5) is 5.69 Å². The number of anilines is 1. The molecule has 3 aromatic rings. The number of fused-ring (bicyclic) bond motifs is 1. The molecular formula is C54H66N6O13. The number of aryl methyl sites for hydroxylation is 1. The van der Waals surface area contributed by atoms with E-state index >= 15 is 0 Å². The second-order valence-electron chi connectivity index (χ2n) is 19.2. The van der Waals surface area contributed by atoms with Gasteiger partial charge >= 0.3 is 0 Å². The molecule has 19 heteroatoms. The summed E-state index contributed by atoms with van der Waals surface area (Å²) < 4.78 is 16.6. The van der Waals surface area contributed by atoms with Gasteiger partial charge in [0.2, 0.25) is 29.4 Å². The summed E-state index contributed by atoms with van der Waals surface area (Å²) in [5.41, 5.74) is 1.38. The number of imide groups is 2. The van der Waals surface area contributed by atoms with Crippen LogP contribution in [0.25, 0.3) is 0 Å². The average molecular weight is 1010 g/mol. The maximum atomic E-state index is 14.3. The lowest BCUT2D eigenvalue weighted by Crippen LogP contribution is -2.54. The number of methoxy groups -OCH3 is 2. The molecular weight excluding hydrogens is 941 g/mol. The van der Waals surface area contributed by atoms with Crippen molar-refractivity contribution in [3.63, 3.8) is 0 Å². The van der Waals surface area contributed by atoms with Crippen LogP contribution >= 0.6 is 0 Å². The summed E-state index contributed by atoms with van der Waals surface area (Å²) >= 11 is 0. The average Bonchev–Trinajstić information content (AvgIpc) is 3.64. The Balaban J connectivity index is 0.958. The first kappa shape index (κ1) is 54.9. The molecule has 3 aliphatic rings. The van der Waals surface area contributed by atoms with Crippen molar-refractivity contribution in [1.82, 2.24) is 25.8 Å². The van der Waals surface area contributed by atoms with Gasteiger partial charge in [-0.25, -0.2) is 0 Å². The first-order valence-corrected chi connectivity index (χ1v) is 25.0. The Hall–Kier alpha value is -7.44. The minimum Gasteiger partial charge on any atom is -0.493 e. The number of likely N-dealkylation sites (tertiary alicyclic amines) is 1. The van der Waals surface area contributed by atoms with Crippen LogP contribution in [-0.4, -0.2) is 121 Å². The first-order chi connectivity index (χ1) is 35.0. The van der Waals surface area contributed by atoms with E-state index in [1.165, 1.54) is 23.1 Å². The third kappa shape index (κ3) is 14.0. The number of benzene rings is 3. The van der Waals surface area contributed by atoms with Crippen molar-refractivity contribution in [3.8, 4) is 17.2 Å². The Morgan fingerprint density at radius 3 is 2.22 bits per heavy atom. The van der Waals surface area contributed by atoms with Crippen molar-refractivity contribution in [2.24, 2.45) is 5.41 Å². The number of rotatable bonds is 25. The Kier molecular flexibility index (Phi) is 19.0. The molecule has 0 spiro atoms. The lowest BCUT2D eigenvalue weighted by Gasteiger charge is -2.36. The molecule has 2 unspecified atom stereocenters. The molecule has 2 fully saturated rings. The predicted molar refractivity (Wildman–Crippen MR) is 267 cm³/mol. The highest BCUT2D eigenvalue weighted by atomic mass is 16.5. The van der Waals surface area contributed by atoms with Crippen LogP contribution in [0.2, 0.25) is 0 Å². The summed E-state index contributed by atoms with van der Waals surface area (Å²) in [7, 11) is 3.12. The van der Waals surface area contributed by atoms with Gasteiger partial charge in [0.05, 0.1) is 31.4 Å². The summed E-state index contributed by atoms with van der Waals surface area (Å²) in [5, 5.41) is 10.5. The van der Waals surface area contributed by atoms with Crippen molar-refractivity contribution in [2.45, 2.75) is 122 Å². The summed E-state index contributed by atoms with van der Waals surface area (Å²) in [6.45, 7) is 5.79. The number of amides is 8. The molecule has 0 aliphatic carbocycles. The highest BCUT2D eigenvalue weighted by Gasteiger charge is 2.46. The molecule has 3 atom stereocenters. The van der Waals surface area contributed by atoms with E-state index in [-0.39, 0.29) is 79.0 Å². The standard InChI is InChI=1S/C54H66N6O13/c1-6-54(2,3)49(66)53(70)59-28-10-7-16-38(59)40(61)31-35(20-18-33-19-22-41(71-4)43(29-33)72-5)34-13-11-14-36(30-34)57-45(63)25-24-44(62)55-26-8-9-27-56-47(65)32-73-42-17-12-15-37-48(42)52(69)60(51(37)68)39-21-23-46(64)58-50(39)67/h11-15,17,19,22,29-30,35,38-39H,6-10,16,18,20-21,23-28,31-32H2,1-5H3,(H,55,62)(H,56,65)(H,57,63)(H,58,64,67)/t35-,38?,39?/m0/s1. The zero-order valence-corrected chi connectivity index (χ0v) is 42.2. The topological polar surface area (TPSA) is 253 Å². The van der Waals surface area contributed by atoms with Crippen LogP contribution in [0.15, 0.2) is 60.7 Å². The molecule has 3 aliphatic heterocycles. The molecule has 6 rings (SSSR count). The van der Waals surface area contributed by atoms with Crippen LogP contribution < -0.4 is 35.5 Å². The third-order valence-electron chi connectivity index (χ3n) is 13.8. The van der Waals surface area contributed by atoms with Crippen molar-refractivity contribution in [3.05, 3.63) is 82.9 Å². The third-order valence-corrected chi connectivity index (χ3v) is 13.8. The van der Waals surface area contributed by atoms with E-state index in [9.17, 15) is 47.9 Å². The maximum absolute atomic E-state index is 14.3. The number of nitrogens with zero attached hydrogens (tertiary/aromatic N) is 2. The predicted octanol–water partition coefficient (Wildman–Crippen LogP) is 4.98. The quantitative estimate of drug-likeness (QED) is 0.0497. The summed E-state index contributed by atoms with van der Waals surface area (Å²) in [4.78, 5) is 132. The molecule has 4 N–H and O–H groups in total. The summed E-state index contributed by atoms with van der Waals surface area (Å²) in [6, 6.07) is 15.4. The second kappa shape index (κ2) is 25.3. The normalized spacial score (nSPS) is 17.0. The van der Waals surface area contributed by atoms with Gasteiger partial charge in [-0.2, -0.15) is 0 Å². The van der Waals surface area contributed by atoms with Crippen LogP contribution in [0.3, 0.4) is 0 Å². The van der Waals surface area contributed by atoms with Crippen LogP contribution in [0.5, 0.6) is 17.2 Å². The number of hydrogen-bond acceptors (Lipinski definition) is 13. The molecule has 19 nitrogen and oxygen atoms in total. The molecule has 73 heavy (non-hydrogen) atoms. The van der Waals surface area contributed by atoms with Crippen molar-refractivity contribution < 1.29 is 62.2 Å². The minimum absolute atomic E-state index is 0.00360. The maximum Gasteiger partial charge on any atom is 0.291 e. The van der Waals surface area contributed by atoms with Crippen LogP contribution in [0.1, 0.15) is 136 Å². The largest absolute Gasteiger partial charge is 0.493 e. The first-order valence-electron chi connectivity index (χ1n) is 25.0. The number of carbonyl (C=O) groups excluding carboxylic acids is 10. The molecule has 8 amide bonds. The minimum atomic E-state index is -1.14. The van der Waals surface area contributed by atoms with Crippen molar-refractivity contribution >= 4 is 64.5 Å². The zero-order valence-electron chi connectivity index (χ0n) is 42.2. The molecule has 0 radical (unpaired) electrons. The summed E-state index contributed by atoms with van der Waals surface area (Å²) in [5.74, 6) is -4.24. The number of hydrogen-bond donors (Lipinski definition) is 4. The Bertz CT molecular complexity index is 2610. The van der Waals surface area contributed by atoms with Crippen molar-refractivity contribution in [2.75, 3.05) is 45.8 Å². The summed E-state index contributed by atoms with van der Waals surface area (Å²) in [6.07, 6.45) is 4.49. The fraction of sp³-hybridized carbons (Fsp3) is 0.481. The van der Waals surface area contributed by atoms with E-state index in [1.807, 2.05) is 37.3 Å². The van der Waals surface area contributed by atoms with Gasteiger partial charge in [-0.05, 0) is 111 Å². The number of ketones is 2. The Morgan fingerprint density at radius 2 is 1.51 bits per heavy atom. The van der Waals surface area contributed by atoms with E-state index < -0.39 is 65.3 Å². The lowest BCUT2D eigenvalue weighted by molar-refractivity contribution is -0.153. The number of piperidine rings is 2. The van der Waals surface area contributed by atoms with E-state index in [0.29, 0.717) is 75.2 Å². The number of carbonyl (C=O) groups is 10.